The average Bonchev–Trinajstić information content (AvgIpc) is 2.47. The maximum absolute atomic E-state index is 12.2. The number of anilines is 1. The second-order valence-electron chi connectivity index (χ2n) is 5.51. The van der Waals surface area contributed by atoms with Gasteiger partial charge >= 0.3 is 0 Å². The maximum Gasteiger partial charge on any atom is 0.229 e. The summed E-state index contributed by atoms with van der Waals surface area (Å²) in [6, 6.07) is 3.59. The molecule has 5 heteroatoms. The molecule has 20 heavy (non-hydrogen) atoms. The molecule has 0 aromatic carbocycles. The van der Waals surface area contributed by atoms with E-state index in [-0.39, 0.29) is 23.7 Å². The average molecular weight is 275 g/mol. The first-order valence-corrected chi connectivity index (χ1v) is 7.07. The van der Waals surface area contributed by atoms with Crippen molar-refractivity contribution < 1.29 is 9.59 Å². The zero-order chi connectivity index (χ0) is 14.5. The van der Waals surface area contributed by atoms with Crippen LogP contribution in [0.25, 0.3) is 0 Å². The highest BCUT2D eigenvalue weighted by atomic mass is 16.2. The number of nitrogens with one attached hydrogen (secondary N) is 1. The van der Waals surface area contributed by atoms with E-state index in [0.717, 1.165) is 19.4 Å². The van der Waals surface area contributed by atoms with Crippen molar-refractivity contribution in [2.75, 3.05) is 18.4 Å². The molecule has 2 heterocycles. The third-order valence-corrected chi connectivity index (χ3v) is 3.53. The van der Waals surface area contributed by atoms with Gasteiger partial charge in [-0.15, -0.1) is 0 Å². The van der Waals surface area contributed by atoms with E-state index in [1.54, 1.807) is 18.5 Å². The number of carbonyl (C=O) groups excluding carboxylic acids is 2. The van der Waals surface area contributed by atoms with Gasteiger partial charge in [-0.3, -0.25) is 14.6 Å². The maximum atomic E-state index is 12.2. The molecule has 0 saturated carbocycles. The van der Waals surface area contributed by atoms with Crippen LogP contribution in [-0.4, -0.2) is 34.8 Å². The summed E-state index contributed by atoms with van der Waals surface area (Å²) in [4.78, 5) is 30.0. The summed E-state index contributed by atoms with van der Waals surface area (Å²) >= 11 is 0. The number of aromatic nitrogens is 1. The van der Waals surface area contributed by atoms with E-state index in [1.807, 2.05) is 24.8 Å². The van der Waals surface area contributed by atoms with Gasteiger partial charge < -0.3 is 10.2 Å². The summed E-state index contributed by atoms with van der Waals surface area (Å²) in [5.41, 5.74) is 0.699. The number of carbonyl (C=O) groups is 2. The van der Waals surface area contributed by atoms with Gasteiger partial charge in [-0.1, -0.05) is 13.8 Å². The Bertz CT molecular complexity index is 473. The lowest BCUT2D eigenvalue weighted by molar-refractivity contribution is -0.137. The fraction of sp³-hybridized carbons (Fsp3) is 0.533. The highest BCUT2D eigenvalue weighted by Gasteiger charge is 2.29. The van der Waals surface area contributed by atoms with Crippen LogP contribution in [-0.2, 0) is 9.59 Å². The van der Waals surface area contributed by atoms with Crippen molar-refractivity contribution in [3.8, 4) is 0 Å². The topological polar surface area (TPSA) is 62.3 Å². The Morgan fingerprint density at radius 3 is 2.90 bits per heavy atom. The first-order valence-electron chi connectivity index (χ1n) is 7.07. The smallest absolute Gasteiger partial charge is 0.229 e. The van der Waals surface area contributed by atoms with Crippen LogP contribution in [0.1, 0.15) is 26.7 Å². The Hall–Kier alpha value is -1.91. The molecule has 0 bridgehead atoms. The van der Waals surface area contributed by atoms with Crippen LogP contribution in [0.2, 0.25) is 0 Å². The highest BCUT2D eigenvalue weighted by Crippen LogP contribution is 2.20. The van der Waals surface area contributed by atoms with Crippen molar-refractivity contribution >= 4 is 17.5 Å². The van der Waals surface area contributed by atoms with E-state index < -0.39 is 0 Å². The molecule has 1 aliphatic heterocycles. The van der Waals surface area contributed by atoms with E-state index in [0.29, 0.717) is 12.2 Å². The summed E-state index contributed by atoms with van der Waals surface area (Å²) in [6.07, 6.45) is 4.99. The molecule has 2 rings (SSSR count). The SMILES string of the molecule is CC(C)C(=O)N1CCC[C@@H](C(=O)Nc2cccnc2)C1. The molecule has 1 fully saturated rings. The Morgan fingerprint density at radius 2 is 2.25 bits per heavy atom. The summed E-state index contributed by atoms with van der Waals surface area (Å²) in [5, 5.41) is 2.86. The van der Waals surface area contributed by atoms with Crippen LogP contribution in [0, 0.1) is 11.8 Å². The molecular formula is C15H21N3O2. The lowest BCUT2D eigenvalue weighted by Gasteiger charge is -2.33. The molecule has 5 nitrogen and oxygen atoms in total. The van der Waals surface area contributed by atoms with Crippen molar-refractivity contribution in [1.29, 1.82) is 0 Å². The fourth-order valence-corrected chi connectivity index (χ4v) is 2.44. The number of hydrogen-bond acceptors (Lipinski definition) is 3. The monoisotopic (exact) mass is 275 g/mol. The van der Waals surface area contributed by atoms with Gasteiger partial charge in [0.15, 0.2) is 0 Å². The van der Waals surface area contributed by atoms with Crippen LogP contribution in [0.15, 0.2) is 24.5 Å². The number of likely N-dealkylation sites (tertiary alicyclic amines) is 1. The van der Waals surface area contributed by atoms with Crippen molar-refractivity contribution in [3.63, 3.8) is 0 Å². The summed E-state index contributed by atoms with van der Waals surface area (Å²) in [6.45, 7) is 5.06. The number of nitrogens with zero attached hydrogens (tertiary/aromatic N) is 2. The second kappa shape index (κ2) is 6.50. The summed E-state index contributed by atoms with van der Waals surface area (Å²) in [5.74, 6) is -0.0510. The highest BCUT2D eigenvalue weighted by molar-refractivity contribution is 5.93. The van der Waals surface area contributed by atoms with Crippen LogP contribution < -0.4 is 5.32 Å². The van der Waals surface area contributed by atoms with Crippen LogP contribution in [0.3, 0.4) is 0 Å². The minimum atomic E-state index is -0.133. The zero-order valence-corrected chi connectivity index (χ0v) is 12.0. The molecule has 1 aromatic rings. The van der Waals surface area contributed by atoms with Crippen molar-refractivity contribution in [1.82, 2.24) is 9.88 Å². The third kappa shape index (κ3) is 3.56. The minimum absolute atomic E-state index is 0.0184. The molecule has 1 aromatic heterocycles. The number of rotatable bonds is 3. The van der Waals surface area contributed by atoms with E-state index >= 15 is 0 Å². The fourth-order valence-electron chi connectivity index (χ4n) is 2.44. The van der Waals surface area contributed by atoms with Gasteiger partial charge in [-0.2, -0.15) is 0 Å². The molecule has 0 aliphatic carbocycles. The number of piperidine rings is 1. The van der Waals surface area contributed by atoms with Gasteiger partial charge in [0.2, 0.25) is 11.8 Å². The predicted octanol–water partition coefficient (Wildman–Crippen LogP) is 1.91. The quantitative estimate of drug-likeness (QED) is 0.916. The second-order valence-corrected chi connectivity index (χ2v) is 5.51. The van der Waals surface area contributed by atoms with E-state index in [4.69, 9.17) is 0 Å². The predicted molar refractivity (Wildman–Crippen MR) is 77.0 cm³/mol. The van der Waals surface area contributed by atoms with Gasteiger partial charge in [0.05, 0.1) is 17.8 Å². The lowest BCUT2D eigenvalue weighted by atomic mass is 9.96. The number of hydrogen-bond donors (Lipinski definition) is 1. The Kier molecular flexibility index (Phi) is 4.71. The Balaban J connectivity index is 1.95. The largest absolute Gasteiger partial charge is 0.342 e. The lowest BCUT2D eigenvalue weighted by Crippen LogP contribution is -2.45. The van der Waals surface area contributed by atoms with E-state index in [2.05, 4.69) is 10.3 Å². The van der Waals surface area contributed by atoms with Gasteiger partial charge in [-0.25, -0.2) is 0 Å². The molecule has 1 saturated heterocycles. The molecule has 2 amide bonds. The van der Waals surface area contributed by atoms with E-state index in [1.165, 1.54) is 0 Å². The van der Waals surface area contributed by atoms with Gasteiger partial charge in [-0.05, 0) is 25.0 Å². The minimum Gasteiger partial charge on any atom is -0.342 e. The number of pyridine rings is 1. The standard InChI is InChI=1S/C15H21N3O2/c1-11(2)15(20)18-8-4-5-12(10-18)14(19)17-13-6-3-7-16-9-13/h3,6-7,9,11-12H,4-5,8,10H2,1-2H3,(H,17,19)/t12-/m1/s1. The van der Waals surface area contributed by atoms with Crippen molar-refractivity contribution in [2.45, 2.75) is 26.7 Å². The molecule has 1 N–H and O–H groups in total. The van der Waals surface area contributed by atoms with E-state index in [9.17, 15) is 9.59 Å². The number of amides is 2. The zero-order valence-electron chi connectivity index (χ0n) is 12.0. The Labute approximate surface area is 119 Å². The van der Waals surface area contributed by atoms with Crippen molar-refractivity contribution in [3.05, 3.63) is 24.5 Å². The van der Waals surface area contributed by atoms with Crippen LogP contribution in [0.5, 0.6) is 0 Å². The summed E-state index contributed by atoms with van der Waals surface area (Å²) in [7, 11) is 0. The Morgan fingerprint density at radius 1 is 1.45 bits per heavy atom. The van der Waals surface area contributed by atoms with Crippen molar-refractivity contribution in [2.24, 2.45) is 11.8 Å². The first-order chi connectivity index (χ1) is 9.58. The normalized spacial score (nSPS) is 18.9. The molecule has 0 spiro atoms. The molecule has 108 valence electrons. The molecule has 1 aliphatic rings. The molecule has 1 atom stereocenters. The van der Waals surface area contributed by atoms with Gasteiger partial charge in [0, 0.05) is 25.2 Å². The van der Waals surface area contributed by atoms with Crippen LogP contribution in [0.4, 0.5) is 5.69 Å². The molecule has 0 unspecified atom stereocenters. The summed E-state index contributed by atoms with van der Waals surface area (Å²) < 4.78 is 0. The molecular weight excluding hydrogens is 254 g/mol. The van der Waals surface area contributed by atoms with Gasteiger partial charge in [0.1, 0.15) is 0 Å². The van der Waals surface area contributed by atoms with Gasteiger partial charge in [0.25, 0.3) is 0 Å². The first kappa shape index (κ1) is 14.5. The van der Waals surface area contributed by atoms with Crippen LogP contribution >= 0.6 is 0 Å². The molecule has 0 radical (unpaired) electrons. The third-order valence-electron chi connectivity index (χ3n) is 3.53.